The fraction of sp³-hybridized carbons (Fsp3) is 0.0741. The standard InChI is InChI=1S/C27H20ClN3O2S2/c1-17(25(32)31-27-23(15-29)24(16-34-27)18-7-3-2-4-8-18)35-22-12-6-11-21(14-22)30-26(33)19-9-5-10-20(28)13-19/h2-14,16-17H,1H3,(H,30,33)(H,31,32). The van der Waals surface area contributed by atoms with E-state index in [1.165, 1.54) is 23.1 Å². The first kappa shape index (κ1) is 24.6. The van der Waals surface area contributed by atoms with Gasteiger partial charge in [-0.15, -0.1) is 23.1 Å². The number of hydrogen-bond donors (Lipinski definition) is 2. The van der Waals surface area contributed by atoms with Crippen molar-refractivity contribution < 1.29 is 9.59 Å². The number of anilines is 2. The topological polar surface area (TPSA) is 82.0 Å². The monoisotopic (exact) mass is 517 g/mol. The van der Waals surface area contributed by atoms with Gasteiger partial charge < -0.3 is 10.6 Å². The number of nitrogens with zero attached hydrogens (tertiary/aromatic N) is 1. The van der Waals surface area contributed by atoms with Gasteiger partial charge in [-0.25, -0.2) is 0 Å². The smallest absolute Gasteiger partial charge is 0.255 e. The number of hydrogen-bond acceptors (Lipinski definition) is 5. The summed E-state index contributed by atoms with van der Waals surface area (Å²) in [6, 6.07) is 25.9. The van der Waals surface area contributed by atoms with Gasteiger partial charge in [0.1, 0.15) is 11.1 Å². The van der Waals surface area contributed by atoms with E-state index in [0.717, 1.165) is 16.0 Å². The molecule has 2 amide bonds. The van der Waals surface area contributed by atoms with Crippen LogP contribution in [0.2, 0.25) is 5.02 Å². The van der Waals surface area contributed by atoms with Gasteiger partial charge in [0.25, 0.3) is 5.91 Å². The number of thioether (sulfide) groups is 1. The maximum Gasteiger partial charge on any atom is 0.255 e. The largest absolute Gasteiger partial charge is 0.322 e. The van der Waals surface area contributed by atoms with Gasteiger partial charge in [-0.05, 0) is 48.9 Å². The summed E-state index contributed by atoms with van der Waals surface area (Å²) in [5, 5.41) is 17.9. The average Bonchev–Trinajstić information content (AvgIpc) is 3.27. The van der Waals surface area contributed by atoms with Gasteiger partial charge in [-0.1, -0.05) is 54.1 Å². The van der Waals surface area contributed by atoms with Gasteiger partial charge in [0, 0.05) is 32.1 Å². The minimum absolute atomic E-state index is 0.207. The summed E-state index contributed by atoms with van der Waals surface area (Å²) in [6.07, 6.45) is 0. The van der Waals surface area contributed by atoms with Crippen LogP contribution in [-0.2, 0) is 4.79 Å². The van der Waals surface area contributed by atoms with Gasteiger partial charge in [-0.2, -0.15) is 5.26 Å². The van der Waals surface area contributed by atoms with E-state index in [2.05, 4.69) is 16.7 Å². The SMILES string of the molecule is CC(Sc1cccc(NC(=O)c2cccc(Cl)c2)c1)C(=O)Nc1scc(-c2ccccc2)c1C#N. The maximum atomic E-state index is 12.9. The van der Waals surface area contributed by atoms with E-state index in [0.29, 0.717) is 26.8 Å². The number of carbonyl (C=O) groups excluding carboxylic acids is 2. The summed E-state index contributed by atoms with van der Waals surface area (Å²) < 4.78 is 0. The average molecular weight is 518 g/mol. The Balaban J connectivity index is 1.42. The molecule has 1 heterocycles. The molecule has 1 aromatic heterocycles. The zero-order valence-electron chi connectivity index (χ0n) is 18.6. The minimum Gasteiger partial charge on any atom is -0.322 e. The molecule has 8 heteroatoms. The summed E-state index contributed by atoms with van der Waals surface area (Å²) in [6.45, 7) is 1.80. The van der Waals surface area contributed by atoms with Crippen LogP contribution in [0.5, 0.6) is 0 Å². The Morgan fingerprint density at radius 1 is 1.00 bits per heavy atom. The summed E-state index contributed by atoms with van der Waals surface area (Å²) >= 11 is 8.67. The van der Waals surface area contributed by atoms with Gasteiger partial charge in [-0.3, -0.25) is 9.59 Å². The van der Waals surface area contributed by atoms with E-state index in [4.69, 9.17) is 11.6 Å². The molecule has 35 heavy (non-hydrogen) atoms. The first-order valence-electron chi connectivity index (χ1n) is 10.7. The second-order valence-electron chi connectivity index (χ2n) is 7.57. The highest BCUT2D eigenvalue weighted by atomic mass is 35.5. The van der Waals surface area contributed by atoms with Gasteiger partial charge in [0.15, 0.2) is 0 Å². The molecular weight excluding hydrogens is 498 g/mol. The van der Waals surface area contributed by atoms with Crippen molar-refractivity contribution in [2.45, 2.75) is 17.1 Å². The number of carbonyl (C=O) groups is 2. The fourth-order valence-electron chi connectivity index (χ4n) is 3.34. The highest BCUT2D eigenvalue weighted by Gasteiger charge is 2.20. The molecular formula is C27H20ClN3O2S2. The van der Waals surface area contributed by atoms with E-state index in [-0.39, 0.29) is 11.8 Å². The van der Waals surface area contributed by atoms with Crippen LogP contribution >= 0.6 is 34.7 Å². The Bertz CT molecular complexity index is 1410. The van der Waals surface area contributed by atoms with Crippen molar-refractivity contribution in [2.24, 2.45) is 0 Å². The second-order valence-corrected chi connectivity index (χ2v) is 10.3. The molecule has 174 valence electrons. The number of rotatable bonds is 7. The Labute approximate surface area is 216 Å². The number of thiophene rings is 1. The van der Waals surface area contributed by atoms with Crippen molar-refractivity contribution >= 4 is 57.2 Å². The molecule has 4 aromatic rings. The first-order valence-corrected chi connectivity index (χ1v) is 12.8. The van der Waals surface area contributed by atoms with Crippen molar-refractivity contribution in [3.05, 3.63) is 100 Å². The van der Waals surface area contributed by atoms with E-state index in [1.54, 1.807) is 37.3 Å². The number of amides is 2. The Kier molecular flexibility index (Phi) is 7.88. The summed E-state index contributed by atoms with van der Waals surface area (Å²) in [7, 11) is 0. The van der Waals surface area contributed by atoms with Crippen LogP contribution < -0.4 is 10.6 Å². The molecule has 1 atom stereocenters. The van der Waals surface area contributed by atoms with Gasteiger partial charge in [0.2, 0.25) is 5.91 Å². The van der Waals surface area contributed by atoms with Crippen molar-refractivity contribution in [3.63, 3.8) is 0 Å². The second kappa shape index (κ2) is 11.2. The third kappa shape index (κ3) is 6.11. The van der Waals surface area contributed by atoms with Crippen molar-refractivity contribution in [1.29, 1.82) is 5.26 Å². The third-order valence-corrected chi connectivity index (χ3v) is 7.31. The van der Waals surface area contributed by atoms with Crippen molar-refractivity contribution in [3.8, 4) is 17.2 Å². The molecule has 0 aliphatic rings. The molecule has 0 radical (unpaired) electrons. The van der Waals surface area contributed by atoms with Crippen LogP contribution in [-0.4, -0.2) is 17.1 Å². The molecule has 0 aliphatic carbocycles. The highest BCUT2D eigenvalue weighted by Crippen LogP contribution is 2.35. The quantitative estimate of drug-likeness (QED) is 0.252. The van der Waals surface area contributed by atoms with E-state index < -0.39 is 5.25 Å². The van der Waals surface area contributed by atoms with Gasteiger partial charge in [0.05, 0.1) is 10.8 Å². The zero-order chi connectivity index (χ0) is 24.8. The van der Waals surface area contributed by atoms with Crippen molar-refractivity contribution in [1.82, 2.24) is 0 Å². The van der Waals surface area contributed by atoms with Crippen LogP contribution in [0, 0.1) is 11.3 Å². The Morgan fingerprint density at radius 3 is 2.51 bits per heavy atom. The van der Waals surface area contributed by atoms with Crippen LogP contribution in [0.3, 0.4) is 0 Å². The van der Waals surface area contributed by atoms with Crippen LogP contribution in [0.25, 0.3) is 11.1 Å². The lowest BCUT2D eigenvalue weighted by molar-refractivity contribution is -0.115. The lowest BCUT2D eigenvalue weighted by Crippen LogP contribution is -2.22. The molecule has 0 bridgehead atoms. The van der Waals surface area contributed by atoms with E-state index in [1.807, 2.05) is 53.9 Å². The van der Waals surface area contributed by atoms with Crippen LogP contribution in [0.15, 0.2) is 89.1 Å². The third-order valence-electron chi connectivity index (χ3n) is 5.09. The first-order chi connectivity index (χ1) is 16.9. The molecule has 3 aromatic carbocycles. The summed E-state index contributed by atoms with van der Waals surface area (Å²) in [5.74, 6) is -0.474. The fourth-order valence-corrected chi connectivity index (χ4v) is 5.38. The molecule has 0 saturated heterocycles. The molecule has 0 saturated carbocycles. The molecule has 0 aliphatic heterocycles. The predicted molar refractivity (Wildman–Crippen MR) is 144 cm³/mol. The summed E-state index contributed by atoms with van der Waals surface area (Å²) in [5.41, 5.74) is 3.27. The number of halogens is 1. The lowest BCUT2D eigenvalue weighted by atomic mass is 10.1. The normalized spacial score (nSPS) is 11.3. The number of benzene rings is 3. The van der Waals surface area contributed by atoms with Crippen LogP contribution in [0.4, 0.5) is 10.7 Å². The summed E-state index contributed by atoms with van der Waals surface area (Å²) in [4.78, 5) is 26.2. The molecule has 4 rings (SSSR count). The van der Waals surface area contributed by atoms with E-state index >= 15 is 0 Å². The molecule has 0 fully saturated rings. The zero-order valence-corrected chi connectivity index (χ0v) is 21.0. The van der Waals surface area contributed by atoms with Crippen molar-refractivity contribution in [2.75, 3.05) is 10.6 Å². The molecule has 5 nitrogen and oxygen atoms in total. The number of nitrogens with one attached hydrogen (secondary N) is 2. The maximum absolute atomic E-state index is 12.9. The predicted octanol–water partition coefficient (Wildman–Crippen LogP) is 7.31. The highest BCUT2D eigenvalue weighted by molar-refractivity contribution is 8.00. The Morgan fingerprint density at radius 2 is 1.77 bits per heavy atom. The number of nitriles is 1. The Hall–Kier alpha value is -3.57. The lowest BCUT2D eigenvalue weighted by Gasteiger charge is -2.13. The van der Waals surface area contributed by atoms with E-state index in [9.17, 15) is 14.9 Å². The molecule has 2 N–H and O–H groups in total. The molecule has 0 spiro atoms. The van der Waals surface area contributed by atoms with Gasteiger partial charge >= 0.3 is 0 Å². The minimum atomic E-state index is -0.428. The van der Waals surface area contributed by atoms with Crippen LogP contribution in [0.1, 0.15) is 22.8 Å². The molecule has 1 unspecified atom stereocenters.